The molecule has 0 saturated carbocycles. The van der Waals surface area contributed by atoms with Gasteiger partial charge in [-0.3, -0.25) is 9.59 Å². The van der Waals surface area contributed by atoms with Crippen molar-refractivity contribution in [1.29, 1.82) is 0 Å². The number of carboxylic acid groups (broad SMARTS) is 1. The molecule has 4 nitrogen and oxygen atoms in total. The van der Waals surface area contributed by atoms with Crippen molar-refractivity contribution in [3.63, 3.8) is 0 Å². The molecule has 1 aromatic carbocycles. The summed E-state index contributed by atoms with van der Waals surface area (Å²) >= 11 is 1.75. The van der Waals surface area contributed by atoms with Crippen LogP contribution in [0.2, 0.25) is 0 Å². The smallest absolute Gasteiger partial charge is 0.320 e. The number of carbonyl (C=O) groups excluding carboxylic acids is 1. The number of hydrogen-bond acceptors (Lipinski definition) is 3. The van der Waals surface area contributed by atoms with Gasteiger partial charge in [0.05, 0.1) is 0 Å². The summed E-state index contributed by atoms with van der Waals surface area (Å²) in [6.45, 7) is 1.27. The van der Waals surface area contributed by atoms with Crippen LogP contribution in [0.1, 0.15) is 18.6 Å². The molecule has 0 aromatic heterocycles. The van der Waals surface area contributed by atoms with E-state index in [0.717, 1.165) is 0 Å². The van der Waals surface area contributed by atoms with Crippen molar-refractivity contribution in [2.75, 3.05) is 0 Å². The summed E-state index contributed by atoms with van der Waals surface area (Å²) in [6, 6.07) is 8.84. The van der Waals surface area contributed by atoms with Crippen LogP contribution in [0.15, 0.2) is 30.3 Å². The van der Waals surface area contributed by atoms with Crippen molar-refractivity contribution in [2.45, 2.75) is 17.0 Å². The molecule has 0 heterocycles. The summed E-state index contributed by atoms with van der Waals surface area (Å²) in [5.41, 5.74) is 0.680. The second kappa shape index (κ2) is 5.83. The van der Waals surface area contributed by atoms with Gasteiger partial charge in [0.2, 0.25) is 0 Å². The molecule has 5 heteroatoms. The average molecular weight is 334 g/mol. The molecule has 1 aromatic rings. The molecule has 2 atom stereocenters. The fourth-order valence-electron chi connectivity index (χ4n) is 1.25. The first-order valence-corrected chi connectivity index (χ1v) is 5.86. The highest BCUT2D eigenvalue weighted by molar-refractivity contribution is 14.1. The number of halogens is 1. The van der Waals surface area contributed by atoms with Crippen LogP contribution in [-0.4, -0.2) is 21.0 Å². The van der Waals surface area contributed by atoms with Crippen molar-refractivity contribution in [3.05, 3.63) is 35.9 Å². The van der Waals surface area contributed by atoms with Crippen molar-refractivity contribution in [3.8, 4) is 0 Å². The zero-order valence-corrected chi connectivity index (χ0v) is 10.7. The van der Waals surface area contributed by atoms with E-state index in [1.165, 1.54) is 6.92 Å². The Labute approximate surface area is 107 Å². The summed E-state index contributed by atoms with van der Waals surface area (Å²) in [6.07, 6.45) is -0.753. The topological polar surface area (TPSA) is 63.6 Å². The van der Waals surface area contributed by atoms with Crippen LogP contribution in [0.3, 0.4) is 0 Å². The molecule has 86 valence electrons. The summed E-state index contributed by atoms with van der Waals surface area (Å²) in [5.74, 6) is -1.49. The second-order valence-electron chi connectivity index (χ2n) is 3.18. The molecule has 0 aliphatic heterocycles. The number of carboxylic acids is 1. The highest BCUT2D eigenvalue weighted by Gasteiger charge is 2.29. The molecular formula is C11H11IO4. The molecule has 16 heavy (non-hydrogen) atoms. The number of esters is 1. The Hall–Kier alpha value is -1.11. The minimum atomic E-state index is -1.00. The monoisotopic (exact) mass is 334 g/mol. The van der Waals surface area contributed by atoms with Gasteiger partial charge in [-0.1, -0.05) is 52.9 Å². The predicted molar refractivity (Wildman–Crippen MR) is 66.4 cm³/mol. The molecule has 1 unspecified atom stereocenters. The van der Waals surface area contributed by atoms with Gasteiger partial charge in [0, 0.05) is 6.92 Å². The van der Waals surface area contributed by atoms with E-state index in [4.69, 9.17) is 9.84 Å². The third-order valence-corrected chi connectivity index (χ3v) is 3.11. The van der Waals surface area contributed by atoms with Gasteiger partial charge in [-0.25, -0.2) is 0 Å². The van der Waals surface area contributed by atoms with E-state index in [1.54, 1.807) is 46.9 Å². The van der Waals surface area contributed by atoms with Gasteiger partial charge in [0.25, 0.3) is 0 Å². The first-order chi connectivity index (χ1) is 7.52. The highest BCUT2D eigenvalue weighted by atomic mass is 127. The Bertz CT molecular complexity index is 377. The lowest BCUT2D eigenvalue weighted by Gasteiger charge is -2.19. The number of rotatable bonds is 4. The quantitative estimate of drug-likeness (QED) is 0.521. The van der Waals surface area contributed by atoms with Crippen LogP contribution >= 0.6 is 22.6 Å². The zero-order chi connectivity index (χ0) is 12.1. The predicted octanol–water partition coefficient (Wildman–Crippen LogP) is 2.18. The van der Waals surface area contributed by atoms with Crippen LogP contribution in [0.5, 0.6) is 0 Å². The Morgan fingerprint density at radius 3 is 2.31 bits per heavy atom. The number of hydrogen-bond donors (Lipinski definition) is 1. The molecule has 0 spiro atoms. The largest absolute Gasteiger partial charge is 0.480 e. The molecule has 0 aliphatic rings. The molecule has 0 amide bonds. The number of alkyl halides is 1. The standard InChI is InChI=1S/C11H11IO4/c1-7(13)16-10(9(12)11(14)15)8-5-3-2-4-6-8/h2-6,9-10H,1H3,(H,14,15)/t9-,10?/m0/s1. The molecule has 1 N–H and O–H groups in total. The zero-order valence-electron chi connectivity index (χ0n) is 8.59. The fourth-order valence-corrected chi connectivity index (χ4v) is 1.81. The molecule has 0 saturated heterocycles. The Morgan fingerprint density at radius 2 is 1.88 bits per heavy atom. The maximum absolute atomic E-state index is 10.9. The van der Waals surface area contributed by atoms with Crippen LogP contribution in [0.25, 0.3) is 0 Å². The van der Waals surface area contributed by atoms with E-state index in [1.807, 2.05) is 6.07 Å². The minimum absolute atomic E-state index is 0.489. The van der Waals surface area contributed by atoms with Crippen molar-refractivity contribution >= 4 is 34.5 Å². The van der Waals surface area contributed by atoms with Gasteiger partial charge in [-0.2, -0.15) is 0 Å². The van der Waals surface area contributed by atoms with E-state index >= 15 is 0 Å². The lowest BCUT2D eigenvalue weighted by Crippen LogP contribution is -2.25. The van der Waals surface area contributed by atoms with E-state index < -0.39 is 22.0 Å². The Morgan fingerprint density at radius 1 is 1.31 bits per heavy atom. The molecule has 0 fully saturated rings. The van der Waals surface area contributed by atoms with Gasteiger partial charge >= 0.3 is 11.9 Å². The van der Waals surface area contributed by atoms with Gasteiger partial charge in [-0.05, 0) is 5.56 Å². The van der Waals surface area contributed by atoms with E-state index in [9.17, 15) is 9.59 Å². The maximum atomic E-state index is 10.9. The third kappa shape index (κ3) is 3.48. The van der Waals surface area contributed by atoms with E-state index in [0.29, 0.717) is 5.56 Å². The average Bonchev–Trinajstić information content (AvgIpc) is 2.26. The van der Waals surface area contributed by atoms with Crippen LogP contribution in [-0.2, 0) is 14.3 Å². The number of carbonyl (C=O) groups is 2. The van der Waals surface area contributed by atoms with Gasteiger partial charge < -0.3 is 9.84 Å². The number of benzene rings is 1. The van der Waals surface area contributed by atoms with Gasteiger partial charge in [-0.15, -0.1) is 0 Å². The summed E-state index contributed by atoms with van der Waals surface area (Å²) in [7, 11) is 0. The molecule has 0 bridgehead atoms. The minimum Gasteiger partial charge on any atom is -0.480 e. The number of ether oxygens (including phenoxy) is 1. The molecule has 1 rings (SSSR count). The molecule has 0 aliphatic carbocycles. The summed E-state index contributed by atoms with van der Waals surface area (Å²) in [5, 5.41) is 8.93. The van der Waals surface area contributed by atoms with Crippen LogP contribution < -0.4 is 0 Å². The van der Waals surface area contributed by atoms with Gasteiger partial charge in [0.15, 0.2) is 0 Å². The Balaban J connectivity index is 2.96. The fraction of sp³-hybridized carbons (Fsp3) is 0.273. The number of aliphatic carboxylic acids is 1. The maximum Gasteiger partial charge on any atom is 0.320 e. The third-order valence-electron chi connectivity index (χ3n) is 1.92. The van der Waals surface area contributed by atoms with Crippen LogP contribution in [0, 0.1) is 0 Å². The molecular weight excluding hydrogens is 323 g/mol. The lowest BCUT2D eigenvalue weighted by molar-refractivity contribution is -0.150. The molecule has 0 radical (unpaired) electrons. The van der Waals surface area contributed by atoms with Crippen molar-refractivity contribution < 1.29 is 19.4 Å². The second-order valence-corrected chi connectivity index (χ2v) is 4.52. The van der Waals surface area contributed by atoms with Crippen LogP contribution in [0.4, 0.5) is 0 Å². The lowest BCUT2D eigenvalue weighted by atomic mass is 10.1. The SMILES string of the molecule is CC(=O)OC(c1ccccc1)[C@H](I)C(=O)O. The Kier molecular flexibility index (Phi) is 4.72. The highest BCUT2D eigenvalue weighted by Crippen LogP contribution is 2.27. The first-order valence-electron chi connectivity index (χ1n) is 4.61. The van der Waals surface area contributed by atoms with Crippen molar-refractivity contribution in [1.82, 2.24) is 0 Å². The van der Waals surface area contributed by atoms with Crippen molar-refractivity contribution in [2.24, 2.45) is 0 Å². The summed E-state index contributed by atoms with van der Waals surface area (Å²) < 4.78 is 4.23. The van der Waals surface area contributed by atoms with Gasteiger partial charge in [0.1, 0.15) is 10.0 Å². The van der Waals surface area contributed by atoms with E-state index in [-0.39, 0.29) is 0 Å². The normalized spacial score (nSPS) is 13.9. The van der Waals surface area contributed by atoms with E-state index in [2.05, 4.69) is 0 Å². The first kappa shape index (κ1) is 13.0. The summed E-state index contributed by atoms with van der Waals surface area (Å²) in [4.78, 5) is 21.8.